The minimum Gasteiger partial charge on any atom is -0.365 e. The standard InChI is InChI=1S/C12H10F5NOS2/c13-21(14,15,16,17)10-4-1-8(2-5-10)7-9-3-6-11(20-9)12(18)19/h1-6H,7H2,(H2,18,19). The molecule has 0 aliphatic heterocycles. The molecule has 0 radical (unpaired) electrons. The van der Waals surface area contributed by atoms with Gasteiger partial charge < -0.3 is 5.73 Å². The average molecular weight is 343 g/mol. The van der Waals surface area contributed by atoms with E-state index in [-0.39, 0.29) is 6.42 Å². The molecule has 116 valence electrons. The molecule has 2 nitrogen and oxygen atoms in total. The molecule has 9 heteroatoms. The lowest BCUT2D eigenvalue weighted by atomic mass is 10.1. The van der Waals surface area contributed by atoms with Crippen molar-refractivity contribution in [3.63, 3.8) is 0 Å². The first-order valence-electron chi connectivity index (χ1n) is 5.57. The van der Waals surface area contributed by atoms with Crippen LogP contribution in [-0.2, 0) is 6.42 Å². The van der Waals surface area contributed by atoms with Crippen LogP contribution in [0.4, 0.5) is 19.4 Å². The molecule has 0 aliphatic rings. The monoisotopic (exact) mass is 343 g/mol. The van der Waals surface area contributed by atoms with E-state index in [1.165, 1.54) is 6.07 Å². The number of hydrogen-bond acceptors (Lipinski definition) is 2. The maximum absolute atomic E-state index is 12.5. The fourth-order valence-corrected chi connectivity index (χ4v) is 3.22. The number of rotatable bonds is 4. The van der Waals surface area contributed by atoms with Crippen molar-refractivity contribution >= 4 is 27.5 Å². The van der Waals surface area contributed by atoms with Crippen molar-refractivity contribution in [2.24, 2.45) is 5.73 Å². The number of halogens is 5. The number of carbonyl (C=O) groups is 1. The SMILES string of the molecule is NC(=O)c1ccc(Cc2ccc(S(F)(F)(F)(F)F)cc2)s1. The zero-order valence-electron chi connectivity index (χ0n) is 10.4. The molecule has 0 fully saturated rings. The first kappa shape index (κ1) is 15.8. The third kappa shape index (κ3) is 3.94. The first-order chi connectivity index (χ1) is 9.35. The number of nitrogens with two attached hydrogens (primary N) is 1. The topological polar surface area (TPSA) is 43.1 Å². The number of benzene rings is 1. The van der Waals surface area contributed by atoms with Gasteiger partial charge >= 0.3 is 10.2 Å². The normalized spacial score (nSPS) is 15.3. The molecule has 1 amide bonds. The zero-order chi connectivity index (χ0) is 16.0. The Hall–Kier alpha value is -1.61. The highest BCUT2D eigenvalue weighted by Crippen LogP contribution is 3.02. The Balaban J connectivity index is 2.22. The molecule has 1 heterocycles. The molecule has 2 rings (SSSR count). The van der Waals surface area contributed by atoms with Crippen LogP contribution in [0.1, 0.15) is 20.1 Å². The van der Waals surface area contributed by atoms with Crippen LogP contribution in [0.15, 0.2) is 41.3 Å². The van der Waals surface area contributed by atoms with E-state index in [2.05, 4.69) is 0 Å². The van der Waals surface area contributed by atoms with Gasteiger partial charge in [0.2, 0.25) is 0 Å². The van der Waals surface area contributed by atoms with E-state index in [1.807, 2.05) is 0 Å². The molecule has 1 aromatic heterocycles. The lowest BCUT2D eigenvalue weighted by Gasteiger charge is -2.40. The van der Waals surface area contributed by atoms with E-state index in [0.29, 0.717) is 27.5 Å². The van der Waals surface area contributed by atoms with Gasteiger partial charge in [0.15, 0.2) is 0 Å². The van der Waals surface area contributed by atoms with Gasteiger partial charge in [-0.2, -0.15) is 0 Å². The molecule has 2 aromatic rings. The summed E-state index contributed by atoms with van der Waals surface area (Å²) in [5, 5.41) is 0. The van der Waals surface area contributed by atoms with Crippen LogP contribution >= 0.6 is 21.6 Å². The molecule has 0 saturated heterocycles. The third-order valence-corrected chi connectivity index (χ3v) is 4.91. The number of carbonyl (C=O) groups excluding carboxylic acids is 1. The highest BCUT2D eigenvalue weighted by atomic mass is 32.5. The molecular formula is C12H10F5NOS2. The predicted molar refractivity (Wildman–Crippen MR) is 73.5 cm³/mol. The van der Waals surface area contributed by atoms with Crippen LogP contribution in [0.2, 0.25) is 0 Å². The quantitative estimate of drug-likeness (QED) is 0.772. The molecule has 21 heavy (non-hydrogen) atoms. The maximum atomic E-state index is 12.5. The Bertz CT molecular complexity index is 691. The first-order valence-corrected chi connectivity index (χ1v) is 8.33. The number of thiophene rings is 1. The fourth-order valence-electron chi connectivity index (χ4n) is 1.67. The third-order valence-electron chi connectivity index (χ3n) is 2.65. The smallest absolute Gasteiger partial charge is 0.310 e. The molecule has 0 unspecified atom stereocenters. The number of amides is 1. The molecule has 0 aliphatic carbocycles. The van der Waals surface area contributed by atoms with Crippen molar-refractivity contribution in [2.75, 3.05) is 0 Å². The number of primary amides is 1. The summed E-state index contributed by atoms with van der Waals surface area (Å²) >= 11 is 1.11. The van der Waals surface area contributed by atoms with Crippen molar-refractivity contribution in [3.05, 3.63) is 51.7 Å². The Morgan fingerprint density at radius 2 is 1.57 bits per heavy atom. The lowest BCUT2D eigenvalue weighted by Crippen LogP contribution is -2.08. The van der Waals surface area contributed by atoms with Crippen molar-refractivity contribution in [2.45, 2.75) is 11.3 Å². The van der Waals surface area contributed by atoms with Gasteiger partial charge in [-0.3, -0.25) is 4.79 Å². The molecule has 0 spiro atoms. The summed E-state index contributed by atoms with van der Waals surface area (Å²) < 4.78 is 62.7. The Morgan fingerprint density at radius 1 is 1.00 bits per heavy atom. The van der Waals surface area contributed by atoms with Gasteiger partial charge in [0.1, 0.15) is 4.90 Å². The van der Waals surface area contributed by atoms with Crippen LogP contribution in [0.5, 0.6) is 0 Å². The molecule has 1 aromatic carbocycles. The highest BCUT2D eigenvalue weighted by molar-refractivity contribution is 8.45. The summed E-state index contributed by atoms with van der Waals surface area (Å²) in [6, 6.07) is 5.86. The molecular weight excluding hydrogens is 333 g/mol. The van der Waals surface area contributed by atoms with Gasteiger partial charge in [0, 0.05) is 11.3 Å². The Kier molecular flexibility index (Phi) is 3.15. The maximum Gasteiger partial charge on any atom is 0.310 e. The fraction of sp³-hybridized carbons (Fsp3) is 0.0833. The molecule has 2 N–H and O–H groups in total. The van der Waals surface area contributed by atoms with E-state index in [4.69, 9.17) is 5.73 Å². The van der Waals surface area contributed by atoms with E-state index in [0.717, 1.165) is 23.5 Å². The minimum absolute atomic E-state index is 0.235. The summed E-state index contributed by atoms with van der Waals surface area (Å²) in [6.07, 6.45) is 0.235. The van der Waals surface area contributed by atoms with Crippen LogP contribution in [0.25, 0.3) is 0 Å². The second kappa shape index (κ2) is 4.20. The van der Waals surface area contributed by atoms with E-state index in [1.54, 1.807) is 6.07 Å². The van der Waals surface area contributed by atoms with Crippen LogP contribution in [0.3, 0.4) is 0 Å². The summed E-state index contributed by atoms with van der Waals surface area (Å²) in [6.45, 7) is 0. The van der Waals surface area contributed by atoms with Crippen molar-refractivity contribution in [3.8, 4) is 0 Å². The predicted octanol–water partition coefficient (Wildman–Crippen LogP) is 5.10. The van der Waals surface area contributed by atoms with Crippen LogP contribution < -0.4 is 5.73 Å². The van der Waals surface area contributed by atoms with Gasteiger partial charge in [0.25, 0.3) is 5.91 Å². The molecule has 0 bridgehead atoms. The number of hydrogen-bond donors (Lipinski definition) is 1. The van der Waals surface area contributed by atoms with Gasteiger partial charge in [0.05, 0.1) is 4.88 Å². The van der Waals surface area contributed by atoms with Crippen molar-refractivity contribution < 1.29 is 24.2 Å². The van der Waals surface area contributed by atoms with Crippen molar-refractivity contribution in [1.82, 2.24) is 0 Å². The summed E-state index contributed by atoms with van der Waals surface area (Å²) in [5.41, 5.74) is 5.51. The largest absolute Gasteiger partial charge is 0.365 e. The molecule has 0 saturated carbocycles. The van der Waals surface area contributed by atoms with Crippen LogP contribution in [0, 0.1) is 0 Å². The highest BCUT2D eigenvalue weighted by Gasteiger charge is 2.65. The lowest BCUT2D eigenvalue weighted by molar-refractivity contribution is 0.100. The van der Waals surface area contributed by atoms with E-state index < -0.39 is 21.0 Å². The zero-order valence-corrected chi connectivity index (χ0v) is 12.0. The van der Waals surface area contributed by atoms with Crippen LogP contribution in [-0.4, -0.2) is 5.91 Å². The van der Waals surface area contributed by atoms with Gasteiger partial charge in [-0.05, 0) is 29.8 Å². The Morgan fingerprint density at radius 3 is 2.00 bits per heavy atom. The second-order valence-electron chi connectivity index (χ2n) is 4.42. The minimum atomic E-state index is -9.62. The Labute approximate surface area is 121 Å². The average Bonchev–Trinajstić information content (AvgIpc) is 2.75. The van der Waals surface area contributed by atoms with Gasteiger partial charge in [-0.1, -0.05) is 31.6 Å². The summed E-state index contributed by atoms with van der Waals surface area (Å²) in [5.74, 6) is -0.595. The molecule has 0 atom stereocenters. The van der Waals surface area contributed by atoms with Crippen molar-refractivity contribution in [1.29, 1.82) is 0 Å². The van der Waals surface area contributed by atoms with Gasteiger partial charge in [-0.15, -0.1) is 11.3 Å². The van der Waals surface area contributed by atoms with Gasteiger partial charge in [-0.25, -0.2) is 0 Å². The van der Waals surface area contributed by atoms with E-state index >= 15 is 0 Å². The van der Waals surface area contributed by atoms with E-state index in [9.17, 15) is 24.2 Å². The summed E-state index contributed by atoms with van der Waals surface area (Å²) in [4.78, 5) is 10.0. The summed E-state index contributed by atoms with van der Waals surface area (Å²) in [7, 11) is -9.62. The second-order valence-corrected chi connectivity index (χ2v) is 8.00.